The minimum Gasteiger partial charge on any atom is -1.00 e. The molecule has 2 aromatic carbocycles. The van der Waals surface area contributed by atoms with Gasteiger partial charge in [-0.25, -0.2) is 0 Å². The Morgan fingerprint density at radius 2 is 1.16 bits per heavy atom. The van der Waals surface area contributed by atoms with Gasteiger partial charge in [-0.3, -0.25) is 4.48 Å². The van der Waals surface area contributed by atoms with E-state index >= 15 is 0 Å². The van der Waals surface area contributed by atoms with Gasteiger partial charge in [-0.05, 0) is 24.3 Å². The van der Waals surface area contributed by atoms with Gasteiger partial charge in [-0.15, -0.1) is 0 Å². The highest BCUT2D eigenvalue weighted by atomic mass is 79.9. The summed E-state index contributed by atoms with van der Waals surface area (Å²) >= 11 is 0. The van der Waals surface area contributed by atoms with E-state index in [0.717, 1.165) is 15.9 Å². The van der Waals surface area contributed by atoms with Crippen LogP contribution in [0.15, 0.2) is 64.8 Å². The number of quaternary nitrogens is 1. The quantitative estimate of drug-likeness (QED) is 0.602. The van der Waals surface area contributed by atoms with Crippen LogP contribution in [0.2, 0.25) is 0 Å². The van der Waals surface area contributed by atoms with Gasteiger partial charge in [-0.2, -0.15) is 10.2 Å². The molecule has 0 amide bonds. The van der Waals surface area contributed by atoms with Crippen molar-refractivity contribution in [1.29, 1.82) is 0 Å². The third-order valence-corrected chi connectivity index (χ3v) is 2.66. The van der Waals surface area contributed by atoms with E-state index in [0.29, 0.717) is 0 Å². The molecule has 0 aliphatic carbocycles. The van der Waals surface area contributed by atoms with Crippen molar-refractivity contribution in [1.82, 2.24) is 4.48 Å². The van der Waals surface area contributed by atoms with E-state index in [1.165, 1.54) is 5.69 Å². The molecule has 0 fully saturated rings. The van der Waals surface area contributed by atoms with E-state index in [4.69, 9.17) is 0 Å². The van der Waals surface area contributed by atoms with Gasteiger partial charge in [0.1, 0.15) is 5.69 Å². The van der Waals surface area contributed by atoms with Crippen molar-refractivity contribution in [3.8, 4) is 0 Å². The number of rotatable bonds is 3. The third-order valence-electron chi connectivity index (χ3n) is 2.66. The highest BCUT2D eigenvalue weighted by Gasteiger charge is 2.10. The summed E-state index contributed by atoms with van der Waals surface area (Å²) in [5, 5.41) is 8.41. The summed E-state index contributed by atoms with van der Waals surface area (Å²) in [6.45, 7) is 0. The van der Waals surface area contributed by atoms with Crippen LogP contribution in [0.5, 0.6) is 0 Å². The van der Waals surface area contributed by atoms with Crippen molar-refractivity contribution in [3.05, 3.63) is 54.6 Å². The van der Waals surface area contributed by atoms with Crippen LogP contribution < -0.4 is 21.5 Å². The standard InChI is InChI=1S/C15H18N3.BrH/c1-18(2,3)15-11-9-14(10-12-15)17-16-13-7-5-4-6-8-13;/h4-12H,1-3H3;1H/q+1;/p-1. The Hall–Kier alpha value is -1.52. The fourth-order valence-corrected chi connectivity index (χ4v) is 1.58. The molecule has 0 radical (unpaired) electrons. The van der Waals surface area contributed by atoms with E-state index in [2.05, 4.69) is 43.5 Å². The van der Waals surface area contributed by atoms with Gasteiger partial charge in [0.05, 0.1) is 32.5 Å². The van der Waals surface area contributed by atoms with Crippen LogP contribution in [0.1, 0.15) is 0 Å². The molecule has 3 nitrogen and oxygen atoms in total. The van der Waals surface area contributed by atoms with Crippen LogP contribution in [-0.4, -0.2) is 21.1 Å². The normalized spacial score (nSPS) is 11.3. The number of nitrogens with zero attached hydrogens (tertiary/aromatic N) is 3. The van der Waals surface area contributed by atoms with Crippen LogP contribution in [0.25, 0.3) is 0 Å². The minimum atomic E-state index is 0. The molecule has 0 atom stereocenters. The maximum absolute atomic E-state index is 4.22. The van der Waals surface area contributed by atoms with E-state index in [1.54, 1.807) is 0 Å². The molecule has 0 spiro atoms. The third kappa shape index (κ3) is 4.58. The maximum Gasteiger partial charge on any atom is 0.132 e. The molecule has 2 rings (SSSR count). The Kier molecular flexibility index (Phi) is 5.39. The molecule has 0 heterocycles. The second-order valence-electron chi connectivity index (χ2n) is 5.06. The lowest BCUT2D eigenvalue weighted by atomic mass is 10.2. The van der Waals surface area contributed by atoms with E-state index < -0.39 is 0 Å². The van der Waals surface area contributed by atoms with Crippen LogP contribution >= 0.6 is 0 Å². The van der Waals surface area contributed by atoms with Crippen LogP contribution in [-0.2, 0) is 0 Å². The monoisotopic (exact) mass is 319 g/mol. The lowest BCUT2D eigenvalue weighted by molar-refractivity contribution is -0.00000399. The van der Waals surface area contributed by atoms with Gasteiger partial charge in [0, 0.05) is 12.1 Å². The second-order valence-corrected chi connectivity index (χ2v) is 5.06. The van der Waals surface area contributed by atoms with Gasteiger partial charge in [0.2, 0.25) is 0 Å². The number of hydrogen-bond acceptors (Lipinski definition) is 2. The van der Waals surface area contributed by atoms with Crippen LogP contribution in [0.3, 0.4) is 0 Å². The fourth-order valence-electron chi connectivity index (χ4n) is 1.58. The first kappa shape index (κ1) is 15.5. The molecule has 19 heavy (non-hydrogen) atoms. The Morgan fingerprint density at radius 3 is 1.63 bits per heavy atom. The Labute approximate surface area is 125 Å². The topological polar surface area (TPSA) is 24.7 Å². The molecule has 0 unspecified atom stereocenters. The average molecular weight is 320 g/mol. The molecule has 2 aromatic rings. The first-order chi connectivity index (χ1) is 8.55. The summed E-state index contributed by atoms with van der Waals surface area (Å²) in [7, 11) is 6.42. The highest BCUT2D eigenvalue weighted by molar-refractivity contribution is 5.49. The molecule has 0 saturated heterocycles. The average Bonchev–Trinajstić information content (AvgIpc) is 2.37. The Morgan fingerprint density at radius 1 is 0.684 bits per heavy atom. The summed E-state index contributed by atoms with van der Waals surface area (Å²) in [6, 6.07) is 17.9. The molecular formula is C15H18BrN3. The summed E-state index contributed by atoms with van der Waals surface area (Å²) in [6.07, 6.45) is 0. The molecule has 0 aliphatic heterocycles. The lowest BCUT2D eigenvalue weighted by Crippen LogP contribution is -3.00. The van der Waals surface area contributed by atoms with Crippen LogP contribution in [0.4, 0.5) is 17.1 Å². The van der Waals surface area contributed by atoms with Crippen molar-refractivity contribution in [2.45, 2.75) is 0 Å². The van der Waals surface area contributed by atoms with E-state index in [1.807, 2.05) is 42.5 Å². The van der Waals surface area contributed by atoms with Crippen molar-refractivity contribution >= 4 is 17.1 Å². The molecule has 0 aromatic heterocycles. The van der Waals surface area contributed by atoms with Gasteiger partial charge in [-0.1, -0.05) is 18.2 Å². The van der Waals surface area contributed by atoms with Crippen LogP contribution in [0, 0.1) is 0 Å². The Balaban J connectivity index is 0.00000180. The predicted molar refractivity (Wildman–Crippen MR) is 76.6 cm³/mol. The van der Waals surface area contributed by atoms with Gasteiger partial charge in [0.15, 0.2) is 0 Å². The van der Waals surface area contributed by atoms with E-state index in [-0.39, 0.29) is 17.0 Å². The molecule has 0 aliphatic rings. The van der Waals surface area contributed by atoms with Gasteiger partial charge < -0.3 is 17.0 Å². The number of azo groups is 1. The molecular weight excluding hydrogens is 302 g/mol. The molecule has 100 valence electrons. The van der Waals surface area contributed by atoms with E-state index in [9.17, 15) is 0 Å². The Bertz CT molecular complexity index is 528. The second kappa shape index (κ2) is 6.59. The van der Waals surface area contributed by atoms with Gasteiger partial charge in [0.25, 0.3) is 0 Å². The van der Waals surface area contributed by atoms with Crippen molar-refractivity contribution < 1.29 is 17.0 Å². The molecule has 4 heteroatoms. The zero-order valence-corrected chi connectivity index (χ0v) is 13.0. The summed E-state index contributed by atoms with van der Waals surface area (Å²) in [5.74, 6) is 0. The predicted octanol–water partition coefficient (Wildman–Crippen LogP) is 1.30. The fraction of sp³-hybridized carbons (Fsp3) is 0.200. The van der Waals surface area contributed by atoms with Gasteiger partial charge >= 0.3 is 0 Å². The minimum absolute atomic E-state index is 0. The highest BCUT2D eigenvalue weighted by Crippen LogP contribution is 2.23. The molecule has 0 saturated carbocycles. The number of benzene rings is 2. The van der Waals surface area contributed by atoms with Crippen molar-refractivity contribution in [2.24, 2.45) is 10.2 Å². The van der Waals surface area contributed by atoms with Crippen molar-refractivity contribution in [3.63, 3.8) is 0 Å². The zero-order chi connectivity index (χ0) is 13.0. The summed E-state index contributed by atoms with van der Waals surface area (Å²) < 4.78 is 0.802. The maximum atomic E-state index is 4.22. The first-order valence-corrected chi connectivity index (χ1v) is 5.94. The largest absolute Gasteiger partial charge is 1.00 e. The summed E-state index contributed by atoms with van der Waals surface area (Å²) in [5.41, 5.74) is 2.98. The summed E-state index contributed by atoms with van der Waals surface area (Å²) in [4.78, 5) is 0. The molecule has 0 bridgehead atoms. The number of hydrogen-bond donors (Lipinski definition) is 0. The smallest absolute Gasteiger partial charge is 0.132 e. The molecule has 0 N–H and O–H groups in total. The lowest BCUT2D eigenvalue weighted by Gasteiger charge is -2.23. The first-order valence-electron chi connectivity index (χ1n) is 5.94. The SMILES string of the molecule is C[N+](C)(C)c1ccc(N=Nc2ccccc2)cc1.[Br-]. The number of halogens is 1. The van der Waals surface area contributed by atoms with Crippen molar-refractivity contribution in [2.75, 3.05) is 21.1 Å². The zero-order valence-electron chi connectivity index (χ0n) is 11.4.